The summed E-state index contributed by atoms with van der Waals surface area (Å²) in [4.78, 5) is 14.4. The lowest BCUT2D eigenvalue weighted by molar-refractivity contribution is 0.117. The number of rotatable bonds is 3. The molecule has 1 aromatic rings. The van der Waals surface area contributed by atoms with Crippen LogP contribution in [0, 0.1) is 0 Å². The Morgan fingerprint density at radius 2 is 1.73 bits per heavy atom. The minimum atomic E-state index is -0.244. The van der Waals surface area contributed by atoms with E-state index >= 15 is 0 Å². The maximum absolute atomic E-state index is 12.5. The van der Waals surface area contributed by atoms with Crippen molar-refractivity contribution in [1.82, 2.24) is 10.2 Å². The highest BCUT2D eigenvalue weighted by molar-refractivity contribution is 5.76. The molecule has 0 fully saturated rings. The normalized spacial score (nSPS) is 16.2. The SMILES string of the molecule is COc1cc2c(cc1OC)CC(C)(C)N(C(=O)NC(C)C)C2. The third-order valence-corrected chi connectivity index (χ3v) is 4.05. The molecule has 0 saturated heterocycles. The number of ether oxygens (including phenoxy) is 2. The van der Waals surface area contributed by atoms with Crippen molar-refractivity contribution in [3.63, 3.8) is 0 Å². The molecule has 1 N–H and O–H groups in total. The molecule has 0 aliphatic carbocycles. The molecule has 0 radical (unpaired) electrons. The van der Waals surface area contributed by atoms with Crippen LogP contribution in [0.5, 0.6) is 11.5 Å². The average molecular weight is 306 g/mol. The molecule has 1 heterocycles. The number of hydrogen-bond donors (Lipinski definition) is 1. The van der Waals surface area contributed by atoms with Gasteiger partial charge in [0.1, 0.15) is 0 Å². The predicted molar refractivity (Wildman–Crippen MR) is 86.5 cm³/mol. The Bertz CT molecular complexity index is 567. The van der Waals surface area contributed by atoms with Gasteiger partial charge in [-0.2, -0.15) is 0 Å². The summed E-state index contributed by atoms with van der Waals surface area (Å²) < 4.78 is 10.7. The quantitative estimate of drug-likeness (QED) is 0.934. The summed E-state index contributed by atoms with van der Waals surface area (Å²) in [6, 6.07) is 4.09. The summed E-state index contributed by atoms with van der Waals surface area (Å²) in [5, 5.41) is 2.98. The highest BCUT2D eigenvalue weighted by atomic mass is 16.5. The van der Waals surface area contributed by atoms with Gasteiger partial charge in [0.05, 0.1) is 14.2 Å². The first-order valence-electron chi connectivity index (χ1n) is 7.60. The minimum Gasteiger partial charge on any atom is -0.493 e. The third-order valence-electron chi connectivity index (χ3n) is 4.05. The number of hydrogen-bond acceptors (Lipinski definition) is 3. The lowest BCUT2D eigenvalue weighted by Crippen LogP contribution is -2.55. The van der Waals surface area contributed by atoms with E-state index in [4.69, 9.17) is 9.47 Å². The molecule has 1 aliphatic rings. The number of nitrogens with one attached hydrogen (secondary N) is 1. The second-order valence-electron chi connectivity index (χ2n) is 6.66. The molecule has 1 aliphatic heterocycles. The lowest BCUT2D eigenvalue weighted by atomic mass is 9.85. The van der Waals surface area contributed by atoms with Gasteiger partial charge >= 0.3 is 6.03 Å². The summed E-state index contributed by atoms with van der Waals surface area (Å²) in [5.74, 6) is 1.43. The van der Waals surface area contributed by atoms with Gasteiger partial charge < -0.3 is 19.7 Å². The standard InChI is InChI=1S/C17H26N2O3/c1-11(2)18-16(20)19-10-13-8-15(22-6)14(21-5)7-12(13)9-17(19,3)4/h7-8,11H,9-10H2,1-6H3,(H,18,20). The lowest BCUT2D eigenvalue weighted by Gasteiger charge is -2.43. The van der Waals surface area contributed by atoms with Crippen molar-refractivity contribution in [2.75, 3.05) is 14.2 Å². The highest BCUT2D eigenvalue weighted by Crippen LogP contribution is 2.37. The maximum atomic E-state index is 12.5. The molecular weight excluding hydrogens is 280 g/mol. The van der Waals surface area contributed by atoms with Crippen LogP contribution < -0.4 is 14.8 Å². The fourth-order valence-electron chi connectivity index (χ4n) is 2.89. The molecule has 2 rings (SSSR count). The van der Waals surface area contributed by atoms with Gasteiger partial charge in [-0.15, -0.1) is 0 Å². The molecule has 2 amide bonds. The smallest absolute Gasteiger partial charge is 0.318 e. The number of fused-ring (bicyclic) bond motifs is 1. The van der Waals surface area contributed by atoms with Crippen LogP contribution in [0.2, 0.25) is 0 Å². The first kappa shape index (κ1) is 16.5. The number of nitrogens with zero attached hydrogens (tertiary/aromatic N) is 1. The van der Waals surface area contributed by atoms with Gasteiger partial charge in [0, 0.05) is 18.1 Å². The molecular formula is C17H26N2O3. The first-order valence-corrected chi connectivity index (χ1v) is 7.60. The molecule has 0 atom stereocenters. The molecule has 5 nitrogen and oxygen atoms in total. The molecule has 5 heteroatoms. The van der Waals surface area contributed by atoms with E-state index in [2.05, 4.69) is 19.2 Å². The Balaban J connectivity index is 2.36. The minimum absolute atomic E-state index is 0.0274. The summed E-state index contributed by atoms with van der Waals surface area (Å²) in [5.41, 5.74) is 2.07. The molecule has 0 bridgehead atoms. The molecule has 0 spiro atoms. The fourth-order valence-corrected chi connectivity index (χ4v) is 2.89. The first-order chi connectivity index (χ1) is 10.3. The van der Waals surface area contributed by atoms with E-state index in [1.807, 2.05) is 30.9 Å². The van der Waals surface area contributed by atoms with Gasteiger partial charge in [-0.25, -0.2) is 4.79 Å². The largest absolute Gasteiger partial charge is 0.493 e. The van der Waals surface area contributed by atoms with E-state index < -0.39 is 0 Å². The summed E-state index contributed by atoms with van der Waals surface area (Å²) in [6.07, 6.45) is 0.786. The molecule has 0 saturated carbocycles. The van der Waals surface area contributed by atoms with Crippen LogP contribution in [-0.4, -0.2) is 36.7 Å². The summed E-state index contributed by atoms with van der Waals surface area (Å²) >= 11 is 0. The molecule has 0 unspecified atom stereocenters. The van der Waals surface area contributed by atoms with Crippen LogP contribution in [0.3, 0.4) is 0 Å². The van der Waals surface area contributed by atoms with Crippen molar-refractivity contribution in [1.29, 1.82) is 0 Å². The Hall–Kier alpha value is -1.91. The van der Waals surface area contributed by atoms with Gasteiger partial charge in [0.2, 0.25) is 0 Å². The van der Waals surface area contributed by atoms with E-state index in [1.165, 1.54) is 5.56 Å². The number of urea groups is 1. The third kappa shape index (κ3) is 3.13. The van der Waals surface area contributed by atoms with Gasteiger partial charge in [0.15, 0.2) is 11.5 Å². The van der Waals surface area contributed by atoms with Gasteiger partial charge in [0.25, 0.3) is 0 Å². The van der Waals surface area contributed by atoms with E-state index in [0.717, 1.165) is 17.7 Å². The van der Waals surface area contributed by atoms with Crippen molar-refractivity contribution in [2.45, 2.75) is 52.2 Å². The van der Waals surface area contributed by atoms with Gasteiger partial charge in [-0.3, -0.25) is 0 Å². The van der Waals surface area contributed by atoms with Crippen molar-refractivity contribution >= 4 is 6.03 Å². The monoisotopic (exact) mass is 306 g/mol. The van der Waals surface area contributed by atoms with E-state index in [0.29, 0.717) is 12.3 Å². The zero-order valence-corrected chi connectivity index (χ0v) is 14.3. The van der Waals surface area contributed by atoms with Crippen molar-refractivity contribution in [3.8, 4) is 11.5 Å². The fraction of sp³-hybridized carbons (Fsp3) is 0.588. The summed E-state index contributed by atoms with van der Waals surface area (Å²) in [6.45, 7) is 8.69. The Labute approximate surface area is 132 Å². The van der Waals surface area contributed by atoms with E-state index in [-0.39, 0.29) is 17.6 Å². The van der Waals surface area contributed by atoms with Crippen LogP contribution in [0.15, 0.2) is 12.1 Å². The highest BCUT2D eigenvalue weighted by Gasteiger charge is 2.36. The second-order valence-corrected chi connectivity index (χ2v) is 6.66. The van der Waals surface area contributed by atoms with Gasteiger partial charge in [-0.05, 0) is 57.4 Å². The maximum Gasteiger partial charge on any atom is 0.318 e. The van der Waals surface area contributed by atoms with Crippen LogP contribution >= 0.6 is 0 Å². The number of amides is 2. The van der Waals surface area contributed by atoms with Crippen LogP contribution in [-0.2, 0) is 13.0 Å². The van der Waals surface area contributed by atoms with E-state index in [1.54, 1.807) is 14.2 Å². The molecule has 122 valence electrons. The van der Waals surface area contributed by atoms with Crippen LogP contribution in [0.25, 0.3) is 0 Å². The summed E-state index contributed by atoms with van der Waals surface area (Å²) in [7, 11) is 3.26. The van der Waals surface area contributed by atoms with Crippen molar-refractivity contribution in [2.24, 2.45) is 0 Å². The number of carbonyl (C=O) groups excluding carboxylic acids is 1. The molecule has 1 aromatic carbocycles. The number of benzene rings is 1. The van der Waals surface area contributed by atoms with E-state index in [9.17, 15) is 4.79 Å². The van der Waals surface area contributed by atoms with Crippen molar-refractivity contribution in [3.05, 3.63) is 23.3 Å². The predicted octanol–water partition coefficient (Wildman–Crippen LogP) is 2.96. The number of methoxy groups -OCH3 is 2. The zero-order chi connectivity index (χ0) is 16.5. The Morgan fingerprint density at radius 1 is 1.18 bits per heavy atom. The average Bonchev–Trinajstić information content (AvgIpc) is 2.43. The Morgan fingerprint density at radius 3 is 2.23 bits per heavy atom. The van der Waals surface area contributed by atoms with Gasteiger partial charge in [-0.1, -0.05) is 0 Å². The van der Waals surface area contributed by atoms with Crippen LogP contribution in [0.4, 0.5) is 4.79 Å². The second kappa shape index (κ2) is 6.07. The zero-order valence-electron chi connectivity index (χ0n) is 14.3. The molecule has 22 heavy (non-hydrogen) atoms. The number of carbonyl (C=O) groups is 1. The molecule has 0 aromatic heterocycles. The Kier molecular flexibility index (Phi) is 4.54. The van der Waals surface area contributed by atoms with Crippen LogP contribution in [0.1, 0.15) is 38.8 Å². The van der Waals surface area contributed by atoms with Crippen molar-refractivity contribution < 1.29 is 14.3 Å². The topological polar surface area (TPSA) is 50.8 Å².